The summed E-state index contributed by atoms with van der Waals surface area (Å²) in [6.45, 7) is 10.6. The molecule has 0 amide bonds. The van der Waals surface area contributed by atoms with E-state index in [2.05, 4.69) is 11.9 Å². The number of methoxy groups -OCH3 is 1. The Hall–Kier alpha value is -1.52. The number of allylic oxidation sites excluding steroid dienone is 1. The van der Waals surface area contributed by atoms with Gasteiger partial charge in [0.1, 0.15) is 0 Å². The average molecular weight is 293 g/mol. The van der Waals surface area contributed by atoms with Gasteiger partial charge < -0.3 is 20.3 Å². The number of rotatable bonds is 8. The molecule has 0 aliphatic rings. The molecule has 4 heteroatoms. The normalized spacial score (nSPS) is 14.0. The highest BCUT2D eigenvalue weighted by Crippen LogP contribution is 2.32. The van der Waals surface area contributed by atoms with Crippen LogP contribution in [0.3, 0.4) is 0 Å². The Morgan fingerprint density at radius 3 is 2.62 bits per heavy atom. The Balaban J connectivity index is 2.79. The third-order valence-electron chi connectivity index (χ3n) is 3.85. The Morgan fingerprint density at radius 2 is 2.10 bits per heavy atom. The Kier molecular flexibility index (Phi) is 6.24. The molecule has 0 heterocycles. The van der Waals surface area contributed by atoms with E-state index >= 15 is 0 Å². The van der Waals surface area contributed by atoms with Gasteiger partial charge in [-0.1, -0.05) is 26.0 Å². The average Bonchev–Trinajstić information content (AvgIpc) is 2.42. The van der Waals surface area contributed by atoms with E-state index in [1.54, 1.807) is 12.1 Å². The van der Waals surface area contributed by atoms with Gasteiger partial charge in [0.2, 0.25) is 0 Å². The van der Waals surface area contributed by atoms with Crippen molar-refractivity contribution in [2.75, 3.05) is 13.7 Å². The first-order valence-corrected chi connectivity index (χ1v) is 7.24. The molecule has 1 unspecified atom stereocenters. The first kappa shape index (κ1) is 17.5. The van der Waals surface area contributed by atoms with Gasteiger partial charge in [-0.25, -0.2) is 0 Å². The van der Waals surface area contributed by atoms with E-state index in [4.69, 9.17) is 4.74 Å². The molecule has 3 N–H and O–H groups in total. The molecule has 1 rings (SSSR count). The van der Waals surface area contributed by atoms with Crippen molar-refractivity contribution in [1.82, 2.24) is 5.32 Å². The fraction of sp³-hybridized carbons (Fsp3) is 0.529. The summed E-state index contributed by atoms with van der Waals surface area (Å²) in [5.41, 5.74) is 1.04. The quantitative estimate of drug-likeness (QED) is 0.645. The maximum Gasteiger partial charge on any atom is 0.161 e. The SMILES string of the molecule is C=CCc1cc(CNCC(C)(O)C(C)C)cc(OC)c1O. The van der Waals surface area contributed by atoms with Gasteiger partial charge in [0, 0.05) is 18.7 Å². The van der Waals surface area contributed by atoms with E-state index in [0.717, 1.165) is 11.1 Å². The van der Waals surface area contributed by atoms with Crippen LogP contribution in [0.1, 0.15) is 31.9 Å². The van der Waals surface area contributed by atoms with Crippen LogP contribution in [0.5, 0.6) is 11.5 Å². The summed E-state index contributed by atoms with van der Waals surface area (Å²) >= 11 is 0. The zero-order valence-electron chi connectivity index (χ0n) is 13.4. The maximum atomic E-state index is 10.2. The van der Waals surface area contributed by atoms with Crippen LogP contribution in [0.4, 0.5) is 0 Å². The third-order valence-corrected chi connectivity index (χ3v) is 3.85. The zero-order chi connectivity index (χ0) is 16.0. The topological polar surface area (TPSA) is 61.7 Å². The molecule has 0 fully saturated rings. The third kappa shape index (κ3) is 4.76. The molecule has 21 heavy (non-hydrogen) atoms. The second-order valence-corrected chi connectivity index (χ2v) is 5.91. The van der Waals surface area contributed by atoms with Crippen LogP contribution in [-0.2, 0) is 13.0 Å². The van der Waals surface area contributed by atoms with Crippen molar-refractivity contribution in [2.24, 2.45) is 5.92 Å². The molecule has 0 saturated carbocycles. The van der Waals surface area contributed by atoms with E-state index in [1.165, 1.54) is 7.11 Å². The molecule has 0 aliphatic heterocycles. The molecule has 1 aromatic rings. The number of aromatic hydroxyl groups is 1. The summed E-state index contributed by atoms with van der Waals surface area (Å²) in [5.74, 6) is 0.799. The van der Waals surface area contributed by atoms with E-state index in [9.17, 15) is 10.2 Å². The molecule has 0 bridgehead atoms. The smallest absolute Gasteiger partial charge is 0.161 e. The second-order valence-electron chi connectivity index (χ2n) is 5.91. The van der Waals surface area contributed by atoms with Crippen LogP contribution in [0.15, 0.2) is 24.8 Å². The Labute approximate surface area is 127 Å². The first-order valence-electron chi connectivity index (χ1n) is 7.24. The monoisotopic (exact) mass is 293 g/mol. The lowest BCUT2D eigenvalue weighted by molar-refractivity contribution is 0.0140. The number of nitrogens with one attached hydrogen (secondary N) is 1. The number of phenolic OH excluding ortho intramolecular Hbond substituents is 1. The fourth-order valence-corrected chi connectivity index (χ4v) is 1.96. The number of ether oxygens (including phenoxy) is 1. The van der Waals surface area contributed by atoms with Crippen LogP contribution in [0, 0.1) is 5.92 Å². The predicted molar refractivity (Wildman–Crippen MR) is 85.7 cm³/mol. The number of aliphatic hydroxyl groups is 1. The molecule has 1 atom stereocenters. The second kappa shape index (κ2) is 7.48. The molecule has 4 nitrogen and oxygen atoms in total. The highest BCUT2D eigenvalue weighted by atomic mass is 16.5. The van der Waals surface area contributed by atoms with Crippen molar-refractivity contribution in [3.63, 3.8) is 0 Å². The van der Waals surface area contributed by atoms with Crippen molar-refractivity contribution in [2.45, 2.75) is 39.3 Å². The van der Waals surface area contributed by atoms with Gasteiger partial charge in [-0.2, -0.15) is 0 Å². The van der Waals surface area contributed by atoms with Gasteiger partial charge in [-0.15, -0.1) is 6.58 Å². The number of hydrogen-bond donors (Lipinski definition) is 3. The molecule has 118 valence electrons. The molecule has 0 aliphatic carbocycles. The van der Waals surface area contributed by atoms with Crippen LogP contribution in [0.2, 0.25) is 0 Å². The largest absolute Gasteiger partial charge is 0.504 e. The van der Waals surface area contributed by atoms with Crippen molar-refractivity contribution in [3.05, 3.63) is 35.9 Å². The van der Waals surface area contributed by atoms with Crippen molar-refractivity contribution < 1.29 is 14.9 Å². The Morgan fingerprint density at radius 1 is 1.43 bits per heavy atom. The summed E-state index contributed by atoms with van der Waals surface area (Å²) in [7, 11) is 1.54. The van der Waals surface area contributed by atoms with E-state index < -0.39 is 5.60 Å². The van der Waals surface area contributed by atoms with Crippen molar-refractivity contribution in [1.29, 1.82) is 0 Å². The lowest BCUT2D eigenvalue weighted by Gasteiger charge is -2.28. The highest BCUT2D eigenvalue weighted by Gasteiger charge is 2.24. The highest BCUT2D eigenvalue weighted by molar-refractivity contribution is 5.49. The van der Waals surface area contributed by atoms with E-state index in [-0.39, 0.29) is 11.7 Å². The minimum Gasteiger partial charge on any atom is -0.504 e. The fourth-order valence-electron chi connectivity index (χ4n) is 1.96. The Bertz CT molecular complexity index is 481. The number of hydrogen-bond acceptors (Lipinski definition) is 4. The van der Waals surface area contributed by atoms with Gasteiger partial charge in [0.25, 0.3) is 0 Å². The van der Waals surface area contributed by atoms with Gasteiger partial charge in [-0.3, -0.25) is 0 Å². The lowest BCUT2D eigenvalue weighted by Crippen LogP contribution is -2.41. The van der Waals surface area contributed by atoms with Crippen LogP contribution in [-0.4, -0.2) is 29.5 Å². The van der Waals surface area contributed by atoms with Gasteiger partial charge in [-0.05, 0) is 30.9 Å². The van der Waals surface area contributed by atoms with Gasteiger partial charge in [0.05, 0.1) is 12.7 Å². The standard InChI is InChI=1S/C17H27NO3/c1-6-7-14-8-13(9-15(21-5)16(14)19)10-18-11-17(4,20)12(2)3/h6,8-9,12,18-20H,1,7,10-11H2,2-5H3. The van der Waals surface area contributed by atoms with Crippen LogP contribution >= 0.6 is 0 Å². The van der Waals surface area contributed by atoms with Gasteiger partial charge in [0.15, 0.2) is 11.5 Å². The summed E-state index contributed by atoms with van der Waals surface area (Å²) in [6, 6.07) is 3.73. The molecule has 0 spiro atoms. The van der Waals surface area contributed by atoms with Crippen molar-refractivity contribution in [3.8, 4) is 11.5 Å². The maximum absolute atomic E-state index is 10.2. The molecule has 0 aromatic heterocycles. The predicted octanol–water partition coefficient (Wildman–Crippen LogP) is 2.63. The molecule has 1 aromatic carbocycles. The number of benzene rings is 1. The molecule has 0 saturated heterocycles. The lowest BCUT2D eigenvalue weighted by atomic mass is 9.92. The molecular formula is C17H27NO3. The van der Waals surface area contributed by atoms with E-state index in [1.807, 2.05) is 26.8 Å². The summed E-state index contributed by atoms with van der Waals surface area (Å²) in [6.07, 6.45) is 2.33. The number of phenols is 1. The first-order chi connectivity index (χ1) is 9.81. The zero-order valence-corrected chi connectivity index (χ0v) is 13.4. The molecular weight excluding hydrogens is 266 g/mol. The van der Waals surface area contributed by atoms with Crippen molar-refractivity contribution >= 4 is 0 Å². The molecule has 0 radical (unpaired) electrons. The summed E-state index contributed by atoms with van der Waals surface area (Å²) in [4.78, 5) is 0. The minimum atomic E-state index is -0.745. The minimum absolute atomic E-state index is 0.162. The van der Waals surface area contributed by atoms with Gasteiger partial charge >= 0.3 is 0 Å². The van der Waals surface area contributed by atoms with Crippen LogP contribution < -0.4 is 10.1 Å². The van der Waals surface area contributed by atoms with E-state index in [0.29, 0.717) is 25.3 Å². The van der Waals surface area contributed by atoms with Crippen LogP contribution in [0.25, 0.3) is 0 Å². The summed E-state index contributed by atoms with van der Waals surface area (Å²) < 4.78 is 5.20. The summed E-state index contributed by atoms with van der Waals surface area (Å²) in [5, 5.41) is 23.5.